The molecule has 1 aliphatic heterocycles. The molecule has 0 aromatic carbocycles. The van der Waals surface area contributed by atoms with E-state index < -0.39 is 0 Å². The smallest absolute Gasteiger partial charge is 0.238 e. The van der Waals surface area contributed by atoms with Crippen molar-refractivity contribution < 1.29 is 4.79 Å². The fourth-order valence-corrected chi connectivity index (χ4v) is 3.39. The molecule has 4 nitrogen and oxygen atoms in total. The molecule has 1 heterocycles. The van der Waals surface area contributed by atoms with Crippen LogP contribution in [0.3, 0.4) is 0 Å². The maximum atomic E-state index is 12.1. The molecular formula is C11H23N3OS2. The van der Waals surface area contributed by atoms with E-state index in [2.05, 4.69) is 36.7 Å². The lowest BCUT2D eigenvalue weighted by Crippen LogP contribution is -2.54. The van der Waals surface area contributed by atoms with E-state index >= 15 is 0 Å². The Bertz CT molecular complexity index is 273. The Kier molecular flexibility index (Phi) is 5.63. The Morgan fingerprint density at radius 3 is 2.88 bits per heavy atom. The van der Waals surface area contributed by atoms with Crippen LogP contribution in [0.2, 0.25) is 0 Å². The normalized spacial score (nSPS) is 25.8. The molecule has 1 saturated heterocycles. The summed E-state index contributed by atoms with van der Waals surface area (Å²) in [6, 6.07) is -0.0804. The summed E-state index contributed by atoms with van der Waals surface area (Å²) in [5, 5.41) is 2.91. The molecule has 17 heavy (non-hydrogen) atoms. The molecule has 2 atom stereocenters. The molecule has 0 bridgehead atoms. The lowest BCUT2D eigenvalue weighted by molar-refractivity contribution is -0.126. The lowest BCUT2D eigenvalue weighted by Gasteiger charge is -2.31. The first kappa shape index (κ1) is 15.1. The van der Waals surface area contributed by atoms with Gasteiger partial charge >= 0.3 is 0 Å². The third-order valence-corrected chi connectivity index (χ3v) is 4.83. The van der Waals surface area contributed by atoms with Gasteiger partial charge in [-0.05, 0) is 20.8 Å². The number of amides is 1. The molecule has 0 spiro atoms. The number of likely N-dealkylation sites (N-methyl/N-ethyl adjacent to an activating group) is 1. The number of nitrogens with zero attached hydrogens (tertiary/aromatic N) is 1. The van der Waals surface area contributed by atoms with E-state index in [-0.39, 0.29) is 22.7 Å². The van der Waals surface area contributed by atoms with Gasteiger partial charge in [-0.2, -0.15) is 12.6 Å². The van der Waals surface area contributed by atoms with Gasteiger partial charge in [-0.1, -0.05) is 0 Å². The minimum atomic E-state index is -0.0987. The van der Waals surface area contributed by atoms with Crippen LogP contribution in [0.5, 0.6) is 0 Å². The lowest BCUT2D eigenvalue weighted by atomic mass is 10.0. The van der Waals surface area contributed by atoms with Crippen LogP contribution in [-0.4, -0.2) is 52.4 Å². The largest absolute Gasteiger partial charge is 0.355 e. The molecule has 3 N–H and O–H groups in total. The molecule has 0 saturated carbocycles. The average Bonchev–Trinajstić information content (AvgIpc) is 2.54. The third kappa shape index (κ3) is 3.77. The predicted molar refractivity (Wildman–Crippen MR) is 77.5 cm³/mol. The number of nitrogens with one attached hydrogen (secondary N) is 1. The second kappa shape index (κ2) is 6.31. The van der Waals surface area contributed by atoms with Crippen LogP contribution in [0.4, 0.5) is 0 Å². The number of nitrogens with two attached hydrogens (primary N) is 1. The molecule has 0 aliphatic carbocycles. The van der Waals surface area contributed by atoms with Gasteiger partial charge in [0.2, 0.25) is 5.91 Å². The zero-order chi connectivity index (χ0) is 13.1. The monoisotopic (exact) mass is 277 g/mol. The number of carbonyl (C=O) groups is 1. The Hall–Kier alpha value is 0.0900. The molecule has 6 heteroatoms. The molecule has 1 unspecified atom stereocenters. The molecule has 1 amide bonds. The van der Waals surface area contributed by atoms with Crippen LogP contribution in [0.25, 0.3) is 0 Å². The predicted octanol–water partition coefficient (Wildman–Crippen LogP) is 0.533. The molecule has 100 valence electrons. The SMILES string of the molecule is CCNC(=O)C1N(C[C@@H](N)CS)CSC1(C)C. The molecule has 1 rings (SSSR count). The Balaban J connectivity index is 2.73. The summed E-state index contributed by atoms with van der Waals surface area (Å²) in [5.74, 6) is 1.61. The number of hydrogen-bond acceptors (Lipinski definition) is 5. The van der Waals surface area contributed by atoms with Gasteiger partial charge < -0.3 is 11.1 Å². The summed E-state index contributed by atoms with van der Waals surface area (Å²) in [6.07, 6.45) is 0. The van der Waals surface area contributed by atoms with Crippen LogP contribution in [0.1, 0.15) is 20.8 Å². The van der Waals surface area contributed by atoms with Crippen molar-refractivity contribution in [3.8, 4) is 0 Å². The van der Waals surface area contributed by atoms with E-state index in [0.29, 0.717) is 12.3 Å². The van der Waals surface area contributed by atoms with Crippen LogP contribution in [0.15, 0.2) is 0 Å². The molecule has 1 fully saturated rings. The van der Waals surface area contributed by atoms with Crippen molar-refractivity contribution in [1.29, 1.82) is 0 Å². The summed E-state index contributed by atoms with van der Waals surface area (Å²) in [6.45, 7) is 7.56. The summed E-state index contributed by atoms with van der Waals surface area (Å²) >= 11 is 6.00. The zero-order valence-electron chi connectivity index (χ0n) is 10.8. The van der Waals surface area contributed by atoms with Crippen molar-refractivity contribution in [3.05, 3.63) is 0 Å². The topological polar surface area (TPSA) is 58.4 Å². The standard InChI is InChI=1S/C11H23N3OS2/c1-4-13-10(15)9-11(2,3)17-7-14(9)5-8(12)6-16/h8-9,16H,4-7,12H2,1-3H3,(H,13,15)/t8-,9?/m1/s1. The second-order valence-electron chi connectivity index (χ2n) is 4.89. The summed E-state index contributed by atoms with van der Waals surface area (Å²) in [7, 11) is 0. The molecule has 0 radical (unpaired) electrons. The summed E-state index contributed by atoms with van der Waals surface area (Å²) in [5.41, 5.74) is 5.92. The quantitative estimate of drug-likeness (QED) is 0.642. The van der Waals surface area contributed by atoms with Crippen LogP contribution in [0, 0.1) is 0 Å². The average molecular weight is 277 g/mol. The third-order valence-electron chi connectivity index (χ3n) is 2.93. The highest BCUT2D eigenvalue weighted by Crippen LogP contribution is 2.39. The first-order valence-corrected chi connectivity index (χ1v) is 7.56. The van der Waals surface area contributed by atoms with Crippen molar-refractivity contribution in [1.82, 2.24) is 10.2 Å². The van der Waals surface area contributed by atoms with Gasteiger partial charge in [0.25, 0.3) is 0 Å². The molecular weight excluding hydrogens is 254 g/mol. The molecule has 0 aromatic heterocycles. The van der Waals surface area contributed by atoms with Gasteiger partial charge in [-0.3, -0.25) is 9.69 Å². The van der Waals surface area contributed by atoms with Crippen LogP contribution < -0.4 is 11.1 Å². The van der Waals surface area contributed by atoms with E-state index in [4.69, 9.17) is 5.73 Å². The van der Waals surface area contributed by atoms with Gasteiger partial charge in [0.1, 0.15) is 6.04 Å². The number of hydrogen-bond donors (Lipinski definition) is 3. The Morgan fingerprint density at radius 2 is 2.35 bits per heavy atom. The maximum Gasteiger partial charge on any atom is 0.238 e. The first-order chi connectivity index (χ1) is 7.92. The van der Waals surface area contributed by atoms with Crippen molar-refractivity contribution in [2.45, 2.75) is 37.6 Å². The van der Waals surface area contributed by atoms with Gasteiger partial charge in [0.05, 0.1) is 0 Å². The highest BCUT2D eigenvalue weighted by molar-refractivity contribution is 8.00. The summed E-state index contributed by atoms with van der Waals surface area (Å²) < 4.78 is -0.0599. The highest BCUT2D eigenvalue weighted by atomic mass is 32.2. The van der Waals surface area contributed by atoms with E-state index in [1.54, 1.807) is 0 Å². The number of carbonyl (C=O) groups excluding carboxylic acids is 1. The van der Waals surface area contributed by atoms with Gasteiger partial charge in [0.15, 0.2) is 0 Å². The number of thiol groups is 1. The first-order valence-electron chi connectivity index (χ1n) is 5.94. The van der Waals surface area contributed by atoms with E-state index in [9.17, 15) is 4.79 Å². The Labute approximate surface area is 113 Å². The van der Waals surface area contributed by atoms with Gasteiger partial charge in [0, 0.05) is 35.5 Å². The molecule has 0 aromatic rings. The van der Waals surface area contributed by atoms with Crippen molar-refractivity contribution in [2.24, 2.45) is 5.73 Å². The van der Waals surface area contributed by atoms with Gasteiger partial charge in [-0.25, -0.2) is 0 Å². The van der Waals surface area contributed by atoms with E-state index in [0.717, 1.165) is 12.4 Å². The maximum absolute atomic E-state index is 12.1. The van der Waals surface area contributed by atoms with Gasteiger partial charge in [-0.15, -0.1) is 11.8 Å². The highest BCUT2D eigenvalue weighted by Gasteiger charge is 2.45. The fraction of sp³-hybridized carbons (Fsp3) is 0.909. The second-order valence-corrected chi connectivity index (χ2v) is 6.85. The van der Waals surface area contributed by atoms with Crippen LogP contribution >= 0.6 is 24.4 Å². The zero-order valence-corrected chi connectivity index (χ0v) is 12.5. The van der Waals surface area contributed by atoms with E-state index in [1.807, 2.05) is 18.7 Å². The molecule has 1 aliphatic rings. The number of thioether (sulfide) groups is 1. The van der Waals surface area contributed by atoms with Crippen molar-refractivity contribution in [3.63, 3.8) is 0 Å². The van der Waals surface area contributed by atoms with Crippen molar-refractivity contribution >= 4 is 30.3 Å². The number of rotatable bonds is 5. The van der Waals surface area contributed by atoms with Crippen molar-refractivity contribution in [2.75, 3.05) is 24.7 Å². The summed E-state index contributed by atoms with van der Waals surface area (Å²) in [4.78, 5) is 14.3. The van der Waals surface area contributed by atoms with Crippen LogP contribution in [-0.2, 0) is 4.79 Å². The van der Waals surface area contributed by atoms with E-state index in [1.165, 1.54) is 0 Å². The minimum absolute atomic E-state index is 0.0183. The fourth-order valence-electron chi connectivity index (χ4n) is 2.11. The Morgan fingerprint density at radius 1 is 1.71 bits per heavy atom. The minimum Gasteiger partial charge on any atom is -0.355 e.